The average Bonchev–Trinajstić information content (AvgIpc) is 2.94. The molecule has 0 aliphatic rings. The fourth-order valence-electron chi connectivity index (χ4n) is 2.71. The van der Waals surface area contributed by atoms with Gasteiger partial charge in [0.15, 0.2) is 0 Å². The van der Waals surface area contributed by atoms with Crippen molar-refractivity contribution in [2.75, 3.05) is 13.2 Å². The van der Waals surface area contributed by atoms with Gasteiger partial charge in [0.1, 0.15) is 0 Å². The number of hydrogen-bond donors (Lipinski definition) is 6. The third-order valence-electron chi connectivity index (χ3n) is 4.78. The summed E-state index contributed by atoms with van der Waals surface area (Å²) in [6, 6.07) is 22.3. The van der Waals surface area contributed by atoms with E-state index in [2.05, 4.69) is 0 Å². The molecule has 0 aromatic heterocycles. The molecule has 3 aromatic carbocycles. The number of rotatable bonds is 10. The molecule has 0 saturated heterocycles. The van der Waals surface area contributed by atoms with Crippen molar-refractivity contribution in [2.45, 2.75) is 52.9 Å². The topological polar surface area (TPSA) is 224 Å². The molecule has 0 radical (unpaired) electrons. The maximum absolute atomic E-state index is 10.4. The molecule has 12 nitrogen and oxygen atoms in total. The SMILES string of the molecule is O=S(=O)(O)c1ccccc1.O=S(=O)(O)c1ccccc1.O=S(=O)(O)c1ccccc1.OCCCCCCC(O)CO. The van der Waals surface area contributed by atoms with Crippen LogP contribution in [0.3, 0.4) is 0 Å². The van der Waals surface area contributed by atoms with Gasteiger partial charge in [0.25, 0.3) is 30.4 Å². The van der Waals surface area contributed by atoms with Gasteiger partial charge >= 0.3 is 0 Å². The van der Waals surface area contributed by atoms with Gasteiger partial charge in [0.05, 0.1) is 27.4 Å². The van der Waals surface area contributed by atoms with Crippen LogP contribution in [-0.4, -0.2) is 73.5 Å². The van der Waals surface area contributed by atoms with E-state index in [1.165, 1.54) is 36.4 Å². The average molecular weight is 637 g/mol. The highest BCUT2D eigenvalue weighted by molar-refractivity contribution is 7.86. The summed E-state index contributed by atoms with van der Waals surface area (Å²) in [7, 11) is -12.0. The Morgan fingerprint density at radius 3 is 1.00 bits per heavy atom. The lowest BCUT2D eigenvalue weighted by atomic mass is 10.1. The van der Waals surface area contributed by atoms with Gasteiger partial charge < -0.3 is 15.3 Å². The van der Waals surface area contributed by atoms with Crippen molar-refractivity contribution >= 4 is 30.4 Å². The van der Waals surface area contributed by atoms with Crippen molar-refractivity contribution in [3.8, 4) is 0 Å². The summed E-state index contributed by atoms with van der Waals surface area (Å²) in [6.45, 7) is 0.114. The lowest BCUT2D eigenvalue weighted by Crippen LogP contribution is -2.10. The van der Waals surface area contributed by atoms with Crippen LogP contribution in [0.15, 0.2) is 106 Å². The fourth-order valence-corrected chi connectivity index (χ4v) is 4.22. The summed E-state index contributed by atoms with van der Waals surface area (Å²) in [5, 5.41) is 25.8. The summed E-state index contributed by atoms with van der Waals surface area (Å²) in [4.78, 5) is -0.222. The second kappa shape index (κ2) is 20.2. The standard InChI is InChI=1S/C8H18O3.3C6H6O3S/c9-6-4-2-1-3-5-8(11)7-10;3*7-10(8,9)6-4-2-1-3-5-6/h8-11H,1-7H2;3*1-5H,(H,7,8,9). The first-order valence-corrected chi connectivity index (χ1v) is 16.4. The summed E-state index contributed by atoms with van der Waals surface area (Å²) >= 11 is 0. The lowest BCUT2D eigenvalue weighted by Gasteiger charge is -2.05. The van der Waals surface area contributed by atoms with Gasteiger partial charge in [-0.05, 0) is 49.2 Å². The normalized spacial score (nSPS) is 11.9. The Bertz CT molecular complexity index is 1240. The first-order chi connectivity index (χ1) is 19.1. The Kier molecular flexibility index (Phi) is 18.9. The molecule has 3 aromatic rings. The first kappa shape index (κ1) is 38.3. The first-order valence-electron chi connectivity index (χ1n) is 12.1. The van der Waals surface area contributed by atoms with Gasteiger partial charge in [0, 0.05) is 6.61 Å². The molecule has 0 aliphatic carbocycles. The predicted octanol–water partition coefficient (Wildman–Crippen LogP) is 3.08. The zero-order valence-corrected chi connectivity index (χ0v) is 24.5. The highest BCUT2D eigenvalue weighted by Gasteiger charge is 2.07. The van der Waals surface area contributed by atoms with Gasteiger partial charge in [-0.1, -0.05) is 73.9 Å². The van der Waals surface area contributed by atoms with Crippen LogP contribution in [0.1, 0.15) is 32.1 Å². The Morgan fingerprint density at radius 2 is 0.780 bits per heavy atom. The molecule has 0 spiro atoms. The minimum absolute atomic E-state index is 0.0741. The van der Waals surface area contributed by atoms with Crippen molar-refractivity contribution in [3.63, 3.8) is 0 Å². The number of aliphatic hydroxyl groups excluding tert-OH is 3. The van der Waals surface area contributed by atoms with E-state index in [1.807, 2.05) is 0 Å². The summed E-state index contributed by atoms with van der Waals surface area (Å²) in [5.74, 6) is 0. The molecule has 0 bridgehead atoms. The zero-order chi connectivity index (χ0) is 31.4. The van der Waals surface area contributed by atoms with E-state index in [1.54, 1.807) is 54.6 Å². The molecule has 0 aliphatic heterocycles. The van der Waals surface area contributed by atoms with Gasteiger partial charge in [-0.2, -0.15) is 25.3 Å². The number of unbranched alkanes of at least 4 members (excludes halogenated alkanes) is 3. The van der Waals surface area contributed by atoms with Crippen LogP contribution < -0.4 is 0 Å². The van der Waals surface area contributed by atoms with Crippen LogP contribution in [0.2, 0.25) is 0 Å². The van der Waals surface area contributed by atoms with Crippen LogP contribution in [0.5, 0.6) is 0 Å². The molecular weight excluding hydrogens is 600 g/mol. The summed E-state index contributed by atoms with van der Waals surface area (Å²) in [6.07, 6.45) is 3.93. The van der Waals surface area contributed by atoms with E-state index < -0.39 is 36.5 Å². The maximum Gasteiger partial charge on any atom is 0.294 e. The van der Waals surface area contributed by atoms with E-state index >= 15 is 0 Å². The molecule has 3 rings (SSSR count). The number of aliphatic hydroxyl groups is 3. The van der Waals surface area contributed by atoms with E-state index in [0.717, 1.165) is 25.7 Å². The Morgan fingerprint density at radius 1 is 0.488 bits per heavy atom. The molecular formula is C26H36O12S3. The molecule has 0 fully saturated rings. The largest absolute Gasteiger partial charge is 0.396 e. The van der Waals surface area contributed by atoms with Crippen molar-refractivity contribution in [1.29, 1.82) is 0 Å². The molecule has 0 amide bonds. The van der Waals surface area contributed by atoms with Crippen molar-refractivity contribution in [2.24, 2.45) is 0 Å². The van der Waals surface area contributed by atoms with Crippen LogP contribution >= 0.6 is 0 Å². The van der Waals surface area contributed by atoms with Gasteiger partial charge in [0.2, 0.25) is 0 Å². The van der Waals surface area contributed by atoms with E-state index in [0.29, 0.717) is 6.42 Å². The van der Waals surface area contributed by atoms with Crippen LogP contribution in [0, 0.1) is 0 Å². The van der Waals surface area contributed by atoms with Gasteiger partial charge in [-0.25, -0.2) is 0 Å². The molecule has 0 heterocycles. The van der Waals surface area contributed by atoms with Gasteiger partial charge in [-0.3, -0.25) is 13.7 Å². The van der Waals surface area contributed by atoms with Crippen molar-refractivity contribution in [3.05, 3.63) is 91.0 Å². The summed E-state index contributed by atoms with van der Waals surface area (Å²) in [5.41, 5.74) is 0. The molecule has 1 unspecified atom stereocenters. The monoisotopic (exact) mass is 636 g/mol. The van der Waals surface area contributed by atoms with Crippen LogP contribution in [-0.2, 0) is 30.4 Å². The second-order valence-corrected chi connectivity index (χ2v) is 12.4. The molecule has 0 saturated carbocycles. The van der Waals surface area contributed by atoms with E-state index in [9.17, 15) is 25.3 Å². The number of benzene rings is 3. The molecule has 230 valence electrons. The van der Waals surface area contributed by atoms with Gasteiger partial charge in [-0.15, -0.1) is 0 Å². The fraction of sp³-hybridized carbons (Fsp3) is 0.308. The predicted molar refractivity (Wildman–Crippen MR) is 152 cm³/mol. The molecule has 41 heavy (non-hydrogen) atoms. The molecule has 1 atom stereocenters. The van der Waals surface area contributed by atoms with Crippen LogP contribution in [0.4, 0.5) is 0 Å². The van der Waals surface area contributed by atoms with Crippen molar-refractivity contribution in [1.82, 2.24) is 0 Å². The minimum atomic E-state index is -4.00. The van der Waals surface area contributed by atoms with E-state index in [4.69, 9.17) is 29.0 Å². The Balaban J connectivity index is 0.000000520. The third-order valence-corrected chi connectivity index (χ3v) is 7.38. The molecule has 6 N–H and O–H groups in total. The maximum atomic E-state index is 10.4. The third kappa shape index (κ3) is 19.9. The highest BCUT2D eigenvalue weighted by atomic mass is 32.2. The van der Waals surface area contributed by atoms with Crippen LogP contribution in [0.25, 0.3) is 0 Å². The second-order valence-electron chi connectivity index (χ2n) is 8.13. The molecule has 15 heteroatoms. The zero-order valence-electron chi connectivity index (χ0n) is 22.0. The van der Waals surface area contributed by atoms with Crippen molar-refractivity contribution < 1.29 is 54.2 Å². The minimum Gasteiger partial charge on any atom is -0.396 e. The smallest absolute Gasteiger partial charge is 0.294 e. The summed E-state index contributed by atoms with van der Waals surface area (Å²) < 4.78 is 87.7. The number of hydrogen-bond acceptors (Lipinski definition) is 9. The lowest BCUT2D eigenvalue weighted by molar-refractivity contribution is 0.0859. The highest BCUT2D eigenvalue weighted by Crippen LogP contribution is 2.07. The van der Waals surface area contributed by atoms with E-state index in [-0.39, 0.29) is 27.9 Å². The Labute approximate surface area is 241 Å². The quantitative estimate of drug-likeness (QED) is 0.139. The Hall–Kier alpha value is -2.73.